The Balaban J connectivity index is 1.76. The SMILES string of the molecule is CCCNC(=O)[C@@H]1[C@@H]2CC(C)C3(S2)C(C(=O)Nc2c(C)cccc2C)N([C@H](C)CO)C(=O)[C@H]13. The summed E-state index contributed by atoms with van der Waals surface area (Å²) < 4.78 is -0.680. The van der Waals surface area contributed by atoms with E-state index in [2.05, 4.69) is 17.6 Å². The Bertz CT molecular complexity index is 949. The minimum absolute atomic E-state index is 0.0212. The predicted octanol–water partition coefficient (Wildman–Crippen LogP) is 2.49. The largest absolute Gasteiger partial charge is 0.394 e. The maximum absolute atomic E-state index is 13.9. The second kappa shape index (κ2) is 8.95. The molecule has 3 aliphatic rings. The van der Waals surface area contributed by atoms with Crippen molar-refractivity contribution in [3.8, 4) is 0 Å². The molecule has 4 rings (SSSR count). The van der Waals surface area contributed by atoms with Crippen molar-refractivity contribution in [3.63, 3.8) is 0 Å². The van der Waals surface area contributed by atoms with Crippen molar-refractivity contribution >= 4 is 35.2 Å². The van der Waals surface area contributed by atoms with Crippen LogP contribution in [0.1, 0.15) is 44.7 Å². The molecule has 0 radical (unpaired) electrons. The van der Waals surface area contributed by atoms with Crippen LogP contribution < -0.4 is 10.6 Å². The van der Waals surface area contributed by atoms with Gasteiger partial charge in [-0.1, -0.05) is 32.0 Å². The van der Waals surface area contributed by atoms with Gasteiger partial charge in [0, 0.05) is 17.5 Å². The van der Waals surface area contributed by atoms with Crippen LogP contribution in [0.25, 0.3) is 0 Å². The minimum Gasteiger partial charge on any atom is -0.394 e. The average Bonchev–Trinajstić information content (AvgIpc) is 3.37. The van der Waals surface area contributed by atoms with E-state index in [0.29, 0.717) is 6.54 Å². The van der Waals surface area contributed by atoms with Gasteiger partial charge < -0.3 is 20.6 Å². The number of likely N-dealkylation sites (tertiary alicyclic amines) is 1. The molecule has 3 aliphatic heterocycles. The molecule has 8 heteroatoms. The quantitative estimate of drug-likeness (QED) is 0.565. The molecule has 2 bridgehead atoms. The van der Waals surface area contributed by atoms with Crippen molar-refractivity contribution in [1.29, 1.82) is 0 Å². The molecule has 0 saturated carbocycles. The van der Waals surface area contributed by atoms with E-state index in [1.807, 2.05) is 39.0 Å². The van der Waals surface area contributed by atoms with Crippen molar-refractivity contribution in [1.82, 2.24) is 10.2 Å². The van der Waals surface area contributed by atoms with Gasteiger partial charge in [0.15, 0.2) is 0 Å². The Morgan fingerprint density at radius 3 is 2.55 bits per heavy atom. The lowest BCUT2D eigenvalue weighted by atomic mass is 9.66. The van der Waals surface area contributed by atoms with Crippen molar-refractivity contribution in [2.24, 2.45) is 17.8 Å². The van der Waals surface area contributed by atoms with E-state index in [-0.39, 0.29) is 35.5 Å². The van der Waals surface area contributed by atoms with E-state index in [1.165, 1.54) is 0 Å². The molecule has 3 heterocycles. The van der Waals surface area contributed by atoms with Crippen molar-refractivity contribution < 1.29 is 19.5 Å². The number of rotatable bonds is 7. The van der Waals surface area contributed by atoms with Crippen LogP contribution in [0.5, 0.6) is 0 Å². The zero-order valence-electron chi connectivity index (χ0n) is 20.1. The lowest BCUT2D eigenvalue weighted by Gasteiger charge is -2.39. The maximum atomic E-state index is 13.9. The zero-order valence-corrected chi connectivity index (χ0v) is 20.9. The van der Waals surface area contributed by atoms with Crippen LogP contribution in [0.15, 0.2) is 18.2 Å². The second-order valence-corrected chi connectivity index (χ2v) is 11.4. The Labute approximate surface area is 200 Å². The fourth-order valence-electron chi connectivity index (χ4n) is 6.19. The number of benzene rings is 1. The summed E-state index contributed by atoms with van der Waals surface area (Å²) in [6.07, 6.45) is 1.62. The van der Waals surface area contributed by atoms with E-state index in [9.17, 15) is 19.5 Å². The number of hydrogen-bond acceptors (Lipinski definition) is 5. The first-order chi connectivity index (χ1) is 15.7. The molecule has 3 unspecified atom stereocenters. The number of fused-ring (bicyclic) bond motifs is 1. The van der Waals surface area contributed by atoms with E-state index in [1.54, 1.807) is 23.6 Å². The summed E-state index contributed by atoms with van der Waals surface area (Å²) in [7, 11) is 0. The molecular formula is C25H35N3O4S. The number of amides is 3. The predicted molar refractivity (Wildman–Crippen MR) is 130 cm³/mol. The van der Waals surface area contributed by atoms with E-state index < -0.39 is 28.7 Å². The van der Waals surface area contributed by atoms with E-state index in [0.717, 1.165) is 29.7 Å². The van der Waals surface area contributed by atoms with Gasteiger partial charge in [0.1, 0.15) is 6.04 Å². The van der Waals surface area contributed by atoms with Crippen LogP contribution in [-0.2, 0) is 14.4 Å². The minimum atomic E-state index is -0.745. The number of hydrogen-bond donors (Lipinski definition) is 3. The van der Waals surface area contributed by atoms with E-state index in [4.69, 9.17) is 0 Å². The number of nitrogens with zero attached hydrogens (tertiary/aromatic N) is 1. The standard InChI is InChI=1S/C25H35N3O4S/c1-6-10-26-22(30)18-17-11-15(4)25(33-17)19(18)24(32)28(16(5)12-29)21(25)23(31)27-20-13(2)8-7-9-14(20)3/h7-9,15-19,21,29H,6,10-12H2,1-5H3,(H,26,30)(H,27,31)/t15?,16-,17+,18-,19+,21?,25?/m1/s1. The highest BCUT2D eigenvalue weighted by molar-refractivity contribution is 8.02. The molecule has 3 N–H and O–H groups in total. The summed E-state index contributed by atoms with van der Waals surface area (Å²) in [6.45, 7) is 10.1. The van der Waals surface area contributed by atoms with Gasteiger partial charge in [0.25, 0.3) is 0 Å². The highest BCUT2D eigenvalue weighted by Crippen LogP contribution is 2.68. The van der Waals surface area contributed by atoms with Gasteiger partial charge in [-0.2, -0.15) is 0 Å². The summed E-state index contributed by atoms with van der Waals surface area (Å²) in [4.78, 5) is 42.5. The van der Waals surface area contributed by atoms with Gasteiger partial charge in [-0.3, -0.25) is 14.4 Å². The topological polar surface area (TPSA) is 98.7 Å². The third kappa shape index (κ3) is 3.57. The number of anilines is 1. The van der Waals surface area contributed by atoms with Crippen LogP contribution in [-0.4, -0.2) is 63.0 Å². The Morgan fingerprint density at radius 2 is 1.94 bits per heavy atom. The van der Waals surface area contributed by atoms with Crippen LogP contribution >= 0.6 is 11.8 Å². The van der Waals surface area contributed by atoms with Gasteiger partial charge in [0.05, 0.1) is 29.2 Å². The maximum Gasteiger partial charge on any atom is 0.248 e. The summed E-state index contributed by atoms with van der Waals surface area (Å²) in [5.41, 5.74) is 2.67. The molecule has 3 saturated heterocycles. The molecule has 0 aromatic heterocycles. The number of aryl methyl sites for hydroxylation is 2. The third-order valence-electron chi connectivity index (χ3n) is 7.75. The number of aliphatic hydroxyl groups is 1. The van der Waals surface area contributed by atoms with Crippen molar-refractivity contribution in [2.45, 2.75) is 69.5 Å². The molecule has 1 aromatic rings. The van der Waals surface area contributed by atoms with Gasteiger partial charge in [-0.15, -0.1) is 11.8 Å². The fraction of sp³-hybridized carbons (Fsp3) is 0.640. The van der Waals surface area contributed by atoms with Gasteiger partial charge >= 0.3 is 0 Å². The summed E-state index contributed by atoms with van der Waals surface area (Å²) in [5, 5.41) is 16.1. The molecule has 33 heavy (non-hydrogen) atoms. The average molecular weight is 474 g/mol. The lowest BCUT2D eigenvalue weighted by Crippen LogP contribution is -2.56. The molecule has 180 valence electrons. The summed E-state index contributed by atoms with van der Waals surface area (Å²) in [6, 6.07) is 4.58. The normalized spacial score (nSPS) is 33.2. The monoisotopic (exact) mass is 473 g/mol. The molecule has 3 amide bonds. The highest BCUT2D eigenvalue weighted by atomic mass is 32.2. The Hall–Kier alpha value is -2.06. The first-order valence-electron chi connectivity index (χ1n) is 11.9. The molecule has 7 nitrogen and oxygen atoms in total. The molecule has 0 aliphatic carbocycles. The summed E-state index contributed by atoms with van der Waals surface area (Å²) in [5.74, 6) is -1.42. The van der Waals surface area contributed by atoms with Crippen LogP contribution in [0, 0.1) is 31.6 Å². The second-order valence-electron chi connectivity index (χ2n) is 9.88. The molecule has 3 fully saturated rings. The van der Waals surface area contributed by atoms with Crippen LogP contribution in [0.2, 0.25) is 0 Å². The zero-order chi connectivity index (χ0) is 24.1. The van der Waals surface area contributed by atoms with Crippen molar-refractivity contribution in [2.75, 3.05) is 18.5 Å². The first-order valence-corrected chi connectivity index (χ1v) is 12.8. The lowest BCUT2D eigenvalue weighted by molar-refractivity contribution is -0.141. The smallest absolute Gasteiger partial charge is 0.248 e. The Kier molecular flexibility index (Phi) is 6.53. The molecule has 7 atom stereocenters. The first kappa shape index (κ1) is 24.1. The number of aliphatic hydroxyl groups excluding tert-OH is 1. The fourth-order valence-corrected chi connectivity index (χ4v) is 8.60. The van der Waals surface area contributed by atoms with Crippen molar-refractivity contribution in [3.05, 3.63) is 29.3 Å². The summed E-state index contributed by atoms with van der Waals surface area (Å²) >= 11 is 1.65. The van der Waals surface area contributed by atoms with Gasteiger partial charge in [-0.05, 0) is 50.7 Å². The van der Waals surface area contributed by atoms with E-state index >= 15 is 0 Å². The Morgan fingerprint density at radius 1 is 1.27 bits per heavy atom. The number of nitrogens with one attached hydrogen (secondary N) is 2. The molecule has 1 aromatic carbocycles. The van der Waals surface area contributed by atoms with Gasteiger partial charge in [-0.25, -0.2) is 0 Å². The number of para-hydroxylation sites is 1. The van der Waals surface area contributed by atoms with Gasteiger partial charge in [0.2, 0.25) is 17.7 Å². The highest BCUT2D eigenvalue weighted by Gasteiger charge is 2.76. The van der Waals surface area contributed by atoms with Crippen LogP contribution in [0.4, 0.5) is 5.69 Å². The molecule has 1 spiro atoms. The van der Waals surface area contributed by atoms with Crippen LogP contribution in [0.3, 0.4) is 0 Å². The number of carbonyl (C=O) groups is 3. The third-order valence-corrected chi connectivity index (χ3v) is 9.83. The molecular weight excluding hydrogens is 438 g/mol. The number of thioether (sulfide) groups is 1. The number of carbonyl (C=O) groups excluding carboxylic acids is 3.